The van der Waals surface area contributed by atoms with E-state index in [4.69, 9.17) is 5.11 Å². The van der Waals surface area contributed by atoms with Crippen molar-refractivity contribution >= 4 is 15.8 Å². The van der Waals surface area contributed by atoms with Gasteiger partial charge in [-0.25, -0.2) is 17.6 Å². The largest absolute Gasteiger partial charge is 0.478 e. The second-order valence-corrected chi connectivity index (χ2v) is 6.45. The molecule has 0 aromatic heterocycles. The van der Waals surface area contributed by atoms with E-state index in [1.54, 1.807) is 0 Å². The van der Waals surface area contributed by atoms with Gasteiger partial charge in [0.1, 0.15) is 11.4 Å². The lowest BCUT2D eigenvalue weighted by Crippen LogP contribution is -2.12. The lowest BCUT2D eigenvalue weighted by molar-refractivity contribution is 0.0687. The lowest BCUT2D eigenvalue weighted by Gasteiger charge is -2.15. The molecule has 0 heterocycles. The fraction of sp³-hybridized carbons (Fsp3) is 0.462. The monoisotopic (exact) mass is 288 g/mol. The minimum Gasteiger partial charge on any atom is -0.478 e. The molecule has 0 atom stereocenters. The van der Waals surface area contributed by atoms with Crippen LogP contribution in [0, 0.1) is 5.82 Å². The molecule has 0 spiro atoms. The van der Waals surface area contributed by atoms with Gasteiger partial charge in [0.15, 0.2) is 9.84 Å². The van der Waals surface area contributed by atoms with Crippen LogP contribution in [0.3, 0.4) is 0 Å². The number of sulfone groups is 1. The van der Waals surface area contributed by atoms with Crippen LogP contribution in [0.2, 0.25) is 0 Å². The summed E-state index contributed by atoms with van der Waals surface area (Å²) in [7, 11) is -3.79. The molecule has 1 rings (SSSR count). The van der Waals surface area contributed by atoms with E-state index < -0.39 is 32.1 Å². The Bertz CT molecular complexity index is 589. The van der Waals surface area contributed by atoms with Gasteiger partial charge >= 0.3 is 5.97 Å². The first kappa shape index (κ1) is 15.6. The molecule has 19 heavy (non-hydrogen) atoms. The topological polar surface area (TPSA) is 71.4 Å². The standard InChI is InChI=1S/C13H17FO4S/c1-4-8(5-2)9-6-10(14)12(13(15)16)11(7-9)19(3,17)18/h6-8H,4-5H2,1-3H3,(H,15,16). The first-order valence-electron chi connectivity index (χ1n) is 5.99. The Morgan fingerprint density at radius 3 is 2.21 bits per heavy atom. The number of carboxylic acids is 1. The van der Waals surface area contributed by atoms with Crippen molar-refractivity contribution in [1.82, 2.24) is 0 Å². The predicted molar refractivity (Wildman–Crippen MR) is 69.8 cm³/mol. The summed E-state index contributed by atoms with van der Waals surface area (Å²) >= 11 is 0. The average Bonchev–Trinajstić information content (AvgIpc) is 2.28. The van der Waals surface area contributed by atoms with E-state index in [9.17, 15) is 17.6 Å². The predicted octanol–water partition coefficient (Wildman–Crippen LogP) is 2.83. The maximum atomic E-state index is 13.9. The number of hydrogen-bond acceptors (Lipinski definition) is 3. The molecule has 0 saturated heterocycles. The van der Waals surface area contributed by atoms with Gasteiger partial charge in [-0.05, 0) is 36.5 Å². The number of rotatable bonds is 5. The van der Waals surface area contributed by atoms with Gasteiger partial charge < -0.3 is 5.11 Å². The van der Waals surface area contributed by atoms with Crippen molar-refractivity contribution < 1.29 is 22.7 Å². The van der Waals surface area contributed by atoms with Crippen LogP contribution in [0.5, 0.6) is 0 Å². The zero-order chi connectivity index (χ0) is 14.8. The molecule has 0 bridgehead atoms. The van der Waals surface area contributed by atoms with E-state index in [0.717, 1.165) is 25.2 Å². The molecule has 0 radical (unpaired) electrons. The molecular weight excluding hydrogens is 271 g/mol. The van der Waals surface area contributed by atoms with Gasteiger partial charge in [0.2, 0.25) is 0 Å². The molecular formula is C13H17FO4S. The van der Waals surface area contributed by atoms with Crippen molar-refractivity contribution in [2.45, 2.75) is 37.5 Å². The molecule has 0 saturated carbocycles. The normalized spacial score (nSPS) is 11.8. The fourth-order valence-corrected chi connectivity index (χ4v) is 3.00. The summed E-state index contributed by atoms with van der Waals surface area (Å²) in [6, 6.07) is 2.40. The van der Waals surface area contributed by atoms with Gasteiger partial charge in [-0.2, -0.15) is 0 Å². The molecule has 0 fully saturated rings. The van der Waals surface area contributed by atoms with Crippen LogP contribution < -0.4 is 0 Å². The van der Waals surface area contributed by atoms with E-state index in [1.165, 1.54) is 6.07 Å². The summed E-state index contributed by atoms with van der Waals surface area (Å²) in [5.74, 6) is -2.57. The van der Waals surface area contributed by atoms with Crippen LogP contribution in [-0.4, -0.2) is 25.7 Å². The van der Waals surface area contributed by atoms with E-state index in [0.29, 0.717) is 5.56 Å². The molecule has 0 unspecified atom stereocenters. The SMILES string of the molecule is CCC(CC)c1cc(F)c(C(=O)O)c(S(C)(=O)=O)c1. The molecule has 6 heteroatoms. The highest BCUT2D eigenvalue weighted by Crippen LogP contribution is 2.29. The summed E-state index contributed by atoms with van der Waals surface area (Å²) in [5, 5.41) is 8.95. The lowest BCUT2D eigenvalue weighted by atomic mass is 9.93. The Morgan fingerprint density at radius 1 is 1.32 bits per heavy atom. The molecule has 0 aliphatic carbocycles. The van der Waals surface area contributed by atoms with Gasteiger partial charge in [-0.15, -0.1) is 0 Å². The molecule has 106 valence electrons. The molecule has 1 aromatic rings. The maximum absolute atomic E-state index is 13.9. The van der Waals surface area contributed by atoms with Crippen LogP contribution in [0.4, 0.5) is 4.39 Å². The second-order valence-electron chi connectivity index (χ2n) is 4.47. The third-order valence-electron chi connectivity index (χ3n) is 3.15. The van der Waals surface area contributed by atoms with Gasteiger partial charge in [0.05, 0.1) is 4.90 Å². The minimum atomic E-state index is -3.79. The smallest absolute Gasteiger partial charge is 0.340 e. The van der Waals surface area contributed by atoms with Crippen molar-refractivity contribution in [2.75, 3.05) is 6.26 Å². The molecule has 0 aliphatic heterocycles. The van der Waals surface area contributed by atoms with Crippen molar-refractivity contribution in [2.24, 2.45) is 0 Å². The van der Waals surface area contributed by atoms with Crippen LogP contribution in [-0.2, 0) is 9.84 Å². The zero-order valence-corrected chi connectivity index (χ0v) is 11.9. The third-order valence-corrected chi connectivity index (χ3v) is 4.27. The van der Waals surface area contributed by atoms with E-state index in [-0.39, 0.29) is 5.92 Å². The van der Waals surface area contributed by atoms with Crippen LogP contribution in [0.1, 0.15) is 48.5 Å². The Labute approximate surface area is 112 Å². The summed E-state index contributed by atoms with van der Waals surface area (Å²) in [5.41, 5.74) is -0.259. The summed E-state index contributed by atoms with van der Waals surface area (Å²) in [6.45, 7) is 3.83. The summed E-state index contributed by atoms with van der Waals surface area (Å²) in [6.07, 6.45) is 2.34. The minimum absolute atomic E-state index is 0.0119. The summed E-state index contributed by atoms with van der Waals surface area (Å²) < 4.78 is 37.1. The molecule has 4 nitrogen and oxygen atoms in total. The highest BCUT2D eigenvalue weighted by Gasteiger charge is 2.25. The van der Waals surface area contributed by atoms with E-state index in [1.807, 2.05) is 13.8 Å². The fourth-order valence-electron chi connectivity index (χ4n) is 2.10. The number of hydrogen-bond donors (Lipinski definition) is 1. The van der Waals surface area contributed by atoms with Gasteiger partial charge in [-0.1, -0.05) is 13.8 Å². The van der Waals surface area contributed by atoms with E-state index >= 15 is 0 Å². The number of benzene rings is 1. The first-order valence-corrected chi connectivity index (χ1v) is 7.88. The van der Waals surface area contributed by atoms with Crippen LogP contribution in [0.25, 0.3) is 0 Å². The number of aromatic carboxylic acids is 1. The highest BCUT2D eigenvalue weighted by atomic mass is 32.2. The van der Waals surface area contributed by atoms with Crippen molar-refractivity contribution in [3.63, 3.8) is 0 Å². The number of carboxylic acid groups (broad SMARTS) is 1. The highest BCUT2D eigenvalue weighted by molar-refractivity contribution is 7.90. The van der Waals surface area contributed by atoms with Crippen molar-refractivity contribution in [3.8, 4) is 0 Å². The maximum Gasteiger partial charge on any atom is 0.340 e. The molecule has 0 aliphatic rings. The van der Waals surface area contributed by atoms with Crippen LogP contribution in [0.15, 0.2) is 17.0 Å². The van der Waals surface area contributed by atoms with Gasteiger partial charge in [-0.3, -0.25) is 0 Å². The van der Waals surface area contributed by atoms with Crippen molar-refractivity contribution in [1.29, 1.82) is 0 Å². The summed E-state index contributed by atoms with van der Waals surface area (Å²) in [4.78, 5) is 10.5. The van der Waals surface area contributed by atoms with Gasteiger partial charge in [0.25, 0.3) is 0 Å². The van der Waals surface area contributed by atoms with E-state index in [2.05, 4.69) is 0 Å². The van der Waals surface area contributed by atoms with Crippen molar-refractivity contribution in [3.05, 3.63) is 29.1 Å². The molecule has 0 amide bonds. The Morgan fingerprint density at radius 2 is 1.84 bits per heavy atom. The molecule has 1 aromatic carbocycles. The number of halogens is 1. The average molecular weight is 288 g/mol. The van der Waals surface area contributed by atoms with Gasteiger partial charge in [0, 0.05) is 6.26 Å². The van der Waals surface area contributed by atoms with Crippen LogP contribution >= 0.6 is 0 Å². The second kappa shape index (κ2) is 5.69. The third kappa shape index (κ3) is 3.32. The Kier molecular flexibility index (Phi) is 4.68. The quantitative estimate of drug-likeness (QED) is 0.904. The number of carbonyl (C=O) groups is 1. The first-order chi connectivity index (χ1) is 8.72. The Balaban J connectivity index is 3.61. The Hall–Kier alpha value is -1.43. The zero-order valence-electron chi connectivity index (χ0n) is 11.1. The molecule has 1 N–H and O–H groups in total.